The molecular weight excluding hydrogens is 300 g/mol. The minimum Gasteiger partial charge on any atom is -0.448 e. The molecule has 20 heavy (non-hydrogen) atoms. The van der Waals surface area contributed by atoms with Gasteiger partial charge in [-0.05, 0) is 24.0 Å². The lowest BCUT2D eigenvalue weighted by Gasteiger charge is -2.12. The predicted molar refractivity (Wildman–Crippen MR) is 82.8 cm³/mol. The lowest BCUT2D eigenvalue weighted by molar-refractivity contribution is -0.114. The number of hydrogen-bond donors (Lipinski definition) is 2. The summed E-state index contributed by atoms with van der Waals surface area (Å²) in [5, 5.41) is 5.36. The highest BCUT2D eigenvalue weighted by Gasteiger charge is 2.09. The number of ether oxygens (including phenoxy) is 1. The second-order valence-electron chi connectivity index (χ2n) is 3.78. The maximum atomic E-state index is 11.5. The third-order valence-corrected chi connectivity index (χ3v) is 3.24. The van der Waals surface area contributed by atoms with Gasteiger partial charge in [0.05, 0.1) is 11.6 Å². The standard InChI is InChI=1S/C13H17ClN2O3S/c1-3-20-12-8-10(15-9(2)17)4-5-11(12)16-13(18)19-7-6-14/h4-5,8H,3,6-7H2,1-2H3,(H,15,17)(H,16,18). The minimum atomic E-state index is -0.545. The van der Waals surface area contributed by atoms with Crippen molar-refractivity contribution in [2.24, 2.45) is 0 Å². The molecule has 2 amide bonds. The fourth-order valence-corrected chi connectivity index (χ4v) is 2.33. The Hall–Kier alpha value is -1.40. The van der Waals surface area contributed by atoms with Gasteiger partial charge in [-0.25, -0.2) is 4.79 Å². The molecule has 7 heteroatoms. The summed E-state index contributed by atoms with van der Waals surface area (Å²) < 4.78 is 4.86. The zero-order valence-electron chi connectivity index (χ0n) is 11.4. The smallest absolute Gasteiger partial charge is 0.411 e. The van der Waals surface area contributed by atoms with E-state index in [2.05, 4.69) is 10.6 Å². The predicted octanol–water partition coefficient (Wildman–Crippen LogP) is 3.54. The fraction of sp³-hybridized carbons (Fsp3) is 0.385. The lowest BCUT2D eigenvalue weighted by atomic mass is 10.2. The van der Waals surface area contributed by atoms with E-state index in [0.29, 0.717) is 11.4 Å². The van der Waals surface area contributed by atoms with Crippen molar-refractivity contribution < 1.29 is 14.3 Å². The Labute approximate surface area is 127 Å². The molecule has 0 saturated carbocycles. The summed E-state index contributed by atoms with van der Waals surface area (Å²) in [6.07, 6.45) is -0.545. The van der Waals surface area contributed by atoms with Crippen LogP contribution < -0.4 is 10.6 Å². The highest BCUT2D eigenvalue weighted by molar-refractivity contribution is 7.99. The molecule has 0 heterocycles. The van der Waals surface area contributed by atoms with Crippen molar-refractivity contribution in [3.8, 4) is 0 Å². The molecule has 5 nitrogen and oxygen atoms in total. The normalized spacial score (nSPS) is 9.95. The Kier molecular flexibility index (Phi) is 7.25. The molecular formula is C13H17ClN2O3S. The van der Waals surface area contributed by atoms with Crippen molar-refractivity contribution in [3.05, 3.63) is 18.2 Å². The van der Waals surface area contributed by atoms with Crippen molar-refractivity contribution in [2.45, 2.75) is 18.7 Å². The van der Waals surface area contributed by atoms with Crippen LogP contribution in [0.5, 0.6) is 0 Å². The third kappa shape index (κ3) is 5.71. The number of benzene rings is 1. The van der Waals surface area contributed by atoms with E-state index < -0.39 is 6.09 Å². The van der Waals surface area contributed by atoms with Crippen molar-refractivity contribution in [3.63, 3.8) is 0 Å². The molecule has 0 spiro atoms. The first-order valence-corrected chi connectivity index (χ1v) is 7.63. The van der Waals surface area contributed by atoms with Crippen molar-refractivity contribution in [1.82, 2.24) is 0 Å². The Morgan fingerprint density at radius 3 is 2.70 bits per heavy atom. The monoisotopic (exact) mass is 316 g/mol. The SMILES string of the molecule is CCSc1cc(NC(C)=O)ccc1NC(=O)OCCCl. The van der Waals surface area contributed by atoms with Crippen LogP contribution >= 0.6 is 23.4 Å². The zero-order chi connectivity index (χ0) is 15.0. The molecule has 0 unspecified atom stereocenters. The molecule has 0 fully saturated rings. The Bertz CT molecular complexity index is 483. The molecule has 2 N–H and O–H groups in total. The van der Waals surface area contributed by atoms with E-state index in [0.717, 1.165) is 10.6 Å². The van der Waals surface area contributed by atoms with Gasteiger partial charge in [0.2, 0.25) is 5.91 Å². The number of amides is 2. The van der Waals surface area contributed by atoms with Gasteiger partial charge in [0, 0.05) is 17.5 Å². The Morgan fingerprint density at radius 1 is 1.35 bits per heavy atom. The van der Waals surface area contributed by atoms with Crippen LogP contribution in [0.3, 0.4) is 0 Å². The number of halogens is 1. The van der Waals surface area contributed by atoms with Gasteiger partial charge >= 0.3 is 6.09 Å². The summed E-state index contributed by atoms with van der Waals surface area (Å²) in [7, 11) is 0. The van der Waals surface area contributed by atoms with E-state index in [1.165, 1.54) is 6.92 Å². The quantitative estimate of drug-likeness (QED) is 0.622. The number of hydrogen-bond acceptors (Lipinski definition) is 4. The number of thioether (sulfide) groups is 1. The van der Waals surface area contributed by atoms with Gasteiger partial charge in [0.25, 0.3) is 0 Å². The van der Waals surface area contributed by atoms with Crippen LogP contribution in [0.4, 0.5) is 16.2 Å². The number of alkyl halides is 1. The number of anilines is 2. The molecule has 1 rings (SSSR count). The van der Waals surface area contributed by atoms with Crippen molar-refractivity contribution >= 4 is 46.7 Å². The van der Waals surface area contributed by atoms with Gasteiger partial charge in [0.1, 0.15) is 6.61 Å². The Morgan fingerprint density at radius 2 is 2.10 bits per heavy atom. The molecule has 0 aliphatic rings. The number of nitrogens with one attached hydrogen (secondary N) is 2. The summed E-state index contributed by atoms with van der Waals surface area (Å²) >= 11 is 7.01. The van der Waals surface area contributed by atoms with E-state index in [9.17, 15) is 9.59 Å². The van der Waals surface area contributed by atoms with Crippen LogP contribution in [0.2, 0.25) is 0 Å². The van der Waals surface area contributed by atoms with Gasteiger partial charge in [-0.2, -0.15) is 0 Å². The van der Waals surface area contributed by atoms with Crippen molar-refractivity contribution in [2.75, 3.05) is 28.9 Å². The third-order valence-electron chi connectivity index (χ3n) is 2.15. The molecule has 0 atom stereocenters. The molecule has 0 radical (unpaired) electrons. The van der Waals surface area contributed by atoms with Crippen LogP contribution in [-0.4, -0.2) is 30.2 Å². The maximum absolute atomic E-state index is 11.5. The van der Waals surface area contributed by atoms with E-state index in [-0.39, 0.29) is 18.4 Å². The van der Waals surface area contributed by atoms with E-state index in [1.807, 2.05) is 13.0 Å². The minimum absolute atomic E-state index is 0.139. The number of rotatable bonds is 6. The summed E-state index contributed by atoms with van der Waals surface area (Å²) in [6.45, 7) is 3.61. The van der Waals surface area contributed by atoms with Gasteiger partial charge in [0.15, 0.2) is 0 Å². The van der Waals surface area contributed by atoms with Crippen LogP contribution in [-0.2, 0) is 9.53 Å². The average Bonchev–Trinajstić information content (AvgIpc) is 2.39. The first-order chi connectivity index (χ1) is 9.56. The topological polar surface area (TPSA) is 67.4 Å². The van der Waals surface area contributed by atoms with Crippen LogP contribution in [0.15, 0.2) is 23.1 Å². The summed E-state index contributed by atoms with van der Waals surface area (Å²) in [5.74, 6) is 0.958. The lowest BCUT2D eigenvalue weighted by Crippen LogP contribution is -2.15. The highest BCUT2D eigenvalue weighted by Crippen LogP contribution is 2.30. The first-order valence-electron chi connectivity index (χ1n) is 6.11. The van der Waals surface area contributed by atoms with E-state index in [4.69, 9.17) is 16.3 Å². The maximum Gasteiger partial charge on any atom is 0.411 e. The van der Waals surface area contributed by atoms with Crippen LogP contribution in [0.1, 0.15) is 13.8 Å². The molecule has 1 aromatic rings. The molecule has 0 aliphatic carbocycles. The number of carbonyl (C=O) groups is 2. The average molecular weight is 317 g/mol. The van der Waals surface area contributed by atoms with E-state index in [1.54, 1.807) is 23.9 Å². The summed E-state index contributed by atoms with van der Waals surface area (Å²) in [6, 6.07) is 5.26. The second-order valence-corrected chi connectivity index (χ2v) is 5.46. The zero-order valence-corrected chi connectivity index (χ0v) is 12.9. The highest BCUT2D eigenvalue weighted by atomic mass is 35.5. The number of carbonyl (C=O) groups excluding carboxylic acids is 2. The molecule has 0 saturated heterocycles. The summed E-state index contributed by atoms with van der Waals surface area (Å²) in [4.78, 5) is 23.4. The first kappa shape index (κ1) is 16.7. The van der Waals surface area contributed by atoms with Gasteiger partial charge in [-0.1, -0.05) is 6.92 Å². The molecule has 0 bridgehead atoms. The summed E-state index contributed by atoms with van der Waals surface area (Å²) in [5.41, 5.74) is 1.33. The molecule has 0 aromatic heterocycles. The van der Waals surface area contributed by atoms with Gasteiger partial charge in [-0.3, -0.25) is 10.1 Å². The largest absolute Gasteiger partial charge is 0.448 e. The fourth-order valence-electron chi connectivity index (χ4n) is 1.46. The van der Waals surface area contributed by atoms with Gasteiger partial charge in [-0.15, -0.1) is 23.4 Å². The van der Waals surface area contributed by atoms with E-state index >= 15 is 0 Å². The second kappa shape index (κ2) is 8.71. The van der Waals surface area contributed by atoms with Crippen LogP contribution in [0.25, 0.3) is 0 Å². The molecule has 110 valence electrons. The van der Waals surface area contributed by atoms with Crippen LogP contribution in [0, 0.1) is 0 Å². The molecule has 0 aliphatic heterocycles. The van der Waals surface area contributed by atoms with Crippen molar-refractivity contribution in [1.29, 1.82) is 0 Å². The molecule has 1 aromatic carbocycles. The Balaban J connectivity index is 2.83. The van der Waals surface area contributed by atoms with Gasteiger partial charge < -0.3 is 10.1 Å².